The Morgan fingerprint density at radius 1 is 1.00 bits per heavy atom. The zero-order valence-corrected chi connectivity index (χ0v) is 19.8. The van der Waals surface area contributed by atoms with Crippen LogP contribution in [0.25, 0.3) is 0 Å². The lowest BCUT2D eigenvalue weighted by Crippen LogP contribution is -2.49. The van der Waals surface area contributed by atoms with Crippen LogP contribution in [0, 0.1) is 0 Å². The fraction of sp³-hybridized carbons (Fsp3) is 0.708. The van der Waals surface area contributed by atoms with Gasteiger partial charge in [-0.25, -0.2) is 0 Å². The number of benzene rings is 1. The van der Waals surface area contributed by atoms with Crippen molar-refractivity contribution in [3.63, 3.8) is 0 Å². The standard InChI is InChI=1S/C24H41N5O2/c1-5-25-24(26-18-20-9-7-8-12-28(20)6-2)27-19-10-13-29(14-11-19)21-15-22(30-3)17-23(16-21)31-4/h15-17,19-20H,5-14,18H2,1-4H3,(H2,25,26,27). The van der Waals surface area contributed by atoms with Crippen LogP contribution in [0.2, 0.25) is 0 Å². The number of likely N-dealkylation sites (N-methyl/N-ethyl adjacent to an activating group) is 1. The third-order valence-electron chi connectivity index (χ3n) is 6.50. The van der Waals surface area contributed by atoms with Gasteiger partial charge in [0.05, 0.1) is 20.8 Å². The molecular formula is C24H41N5O2. The number of methoxy groups -OCH3 is 2. The predicted octanol–water partition coefficient (Wildman–Crippen LogP) is 3.10. The van der Waals surface area contributed by atoms with Crippen molar-refractivity contribution in [2.45, 2.75) is 58.0 Å². The number of hydrogen-bond donors (Lipinski definition) is 2. The molecule has 2 fully saturated rings. The van der Waals surface area contributed by atoms with Crippen LogP contribution in [0.15, 0.2) is 23.2 Å². The van der Waals surface area contributed by atoms with E-state index in [1.807, 2.05) is 6.07 Å². The lowest BCUT2D eigenvalue weighted by Gasteiger charge is -2.35. The Hall–Kier alpha value is -2.15. The highest BCUT2D eigenvalue weighted by molar-refractivity contribution is 5.80. The minimum Gasteiger partial charge on any atom is -0.497 e. The molecule has 31 heavy (non-hydrogen) atoms. The summed E-state index contributed by atoms with van der Waals surface area (Å²) in [5.74, 6) is 2.63. The fourth-order valence-electron chi connectivity index (χ4n) is 4.65. The second kappa shape index (κ2) is 12.0. The minimum atomic E-state index is 0.440. The number of rotatable bonds is 8. The van der Waals surface area contributed by atoms with Crippen molar-refractivity contribution in [1.82, 2.24) is 15.5 Å². The Bertz CT molecular complexity index is 681. The molecule has 7 heteroatoms. The molecule has 1 unspecified atom stereocenters. The van der Waals surface area contributed by atoms with E-state index in [2.05, 4.69) is 46.4 Å². The Kier molecular flexibility index (Phi) is 9.13. The number of guanidine groups is 1. The molecular weight excluding hydrogens is 390 g/mol. The summed E-state index contributed by atoms with van der Waals surface area (Å²) < 4.78 is 10.9. The number of likely N-dealkylation sites (tertiary alicyclic amines) is 1. The van der Waals surface area contributed by atoms with E-state index in [4.69, 9.17) is 14.5 Å². The number of piperidine rings is 2. The maximum atomic E-state index is 5.43. The Morgan fingerprint density at radius 2 is 1.71 bits per heavy atom. The van der Waals surface area contributed by atoms with Crippen molar-refractivity contribution in [1.29, 1.82) is 0 Å². The summed E-state index contributed by atoms with van der Waals surface area (Å²) in [5, 5.41) is 7.14. The smallest absolute Gasteiger partial charge is 0.191 e. The van der Waals surface area contributed by atoms with Crippen LogP contribution >= 0.6 is 0 Å². The van der Waals surface area contributed by atoms with Crippen LogP contribution in [0.1, 0.15) is 46.0 Å². The monoisotopic (exact) mass is 431 g/mol. The van der Waals surface area contributed by atoms with Gasteiger partial charge in [0.1, 0.15) is 11.5 Å². The zero-order chi connectivity index (χ0) is 22.1. The van der Waals surface area contributed by atoms with Crippen LogP contribution < -0.4 is 25.0 Å². The van der Waals surface area contributed by atoms with E-state index in [0.29, 0.717) is 12.1 Å². The average molecular weight is 432 g/mol. The molecule has 0 saturated carbocycles. The van der Waals surface area contributed by atoms with E-state index >= 15 is 0 Å². The first kappa shape index (κ1) is 23.5. The van der Waals surface area contributed by atoms with Gasteiger partial charge in [-0.2, -0.15) is 0 Å². The van der Waals surface area contributed by atoms with Crippen LogP contribution in [-0.2, 0) is 0 Å². The molecule has 1 aromatic rings. The predicted molar refractivity (Wildman–Crippen MR) is 129 cm³/mol. The molecule has 0 amide bonds. The van der Waals surface area contributed by atoms with E-state index < -0.39 is 0 Å². The second-order valence-corrected chi connectivity index (χ2v) is 8.47. The first-order chi connectivity index (χ1) is 15.2. The maximum Gasteiger partial charge on any atom is 0.191 e. The zero-order valence-electron chi connectivity index (χ0n) is 19.8. The third-order valence-corrected chi connectivity index (χ3v) is 6.50. The molecule has 0 radical (unpaired) electrons. The summed E-state index contributed by atoms with van der Waals surface area (Å²) in [6.07, 6.45) is 6.07. The lowest BCUT2D eigenvalue weighted by molar-refractivity contribution is 0.161. The van der Waals surface area contributed by atoms with Gasteiger partial charge in [-0.15, -0.1) is 0 Å². The Balaban J connectivity index is 1.55. The van der Waals surface area contributed by atoms with Gasteiger partial charge in [0.2, 0.25) is 0 Å². The van der Waals surface area contributed by atoms with Crippen molar-refractivity contribution < 1.29 is 9.47 Å². The van der Waals surface area contributed by atoms with Crippen molar-refractivity contribution in [3.8, 4) is 11.5 Å². The van der Waals surface area contributed by atoms with Crippen molar-refractivity contribution >= 4 is 11.6 Å². The molecule has 0 aromatic heterocycles. The number of aliphatic imine (C=N–C) groups is 1. The number of anilines is 1. The second-order valence-electron chi connectivity index (χ2n) is 8.47. The van der Waals surface area contributed by atoms with Gasteiger partial charge in [0.25, 0.3) is 0 Å². The molecule has 2 heterocycles. The van der Waals surface area contributed by atoms with E-state index in [1.54, 1.807) is 14.2 Å². The van der Waals surface area contributed by atoms with Crippen LogP contribution in [0.3, 0.4) is 0 Å². The largest absolute Gasteiger partial charge is 0.497 e. The molecule has 2 aliphatic rings. The molecule has 3 rings (SSSR count). The summed E-state index contributed by atoms with van der Waals surface area (Å²) in [4.78, 5) is 9.95. The number of nitrogens with zero attached hydrogens (tertiary/aromatic N) is 3. The number of hydrogen-bond acceptors (Lipinski definition) is 5. The van der Waals surface area contributed by atoms with Crippen LogP contribution in [-0.4, -0.2) is 76.4 Å². The van der Waals surface area contributed by atoms with Gasteiger partial charge in [0.15, 0.2) is 5.96 Å². The minimum absolute atomic E-state index is 0.440. The number of nitrogens with one attached hydrogen (secondary N) is 2. The Morgan fingerprint density at radius 3 is 2.32 bits per heavy atom. The maximum absolute atomic E-state index is 5.43. The van der Waals surface area contributed by atoms with Crippen molar-refractivity contribution in [2.75, 3.05) is 58.4 Å². The fourth-order valence-corrected chi connectivity index (χ4v) is 4.65. The third kappa shape index (κ3) is 6.66. The quantitative estimate of drug-likeness (QED) is 0.487. The molecule has 2 N–H and O–H groups in total. The summed E-state index contributed by atoms with van der Waals surface area (Å²) in [5.41, 5.74) is 1.16. The number of ether oxygens (including phenoxy) is 2. The molecule has 7 nitrogen and oxygen atoms in total. The first-order valence-corrected chi connectivity index (χ1v) is 11.9. The lowest BCUT2D eigenvalue weighted by atomic mass is 10.0. The van der Waals surface area contributed by atoms with E-state index in [9.17, 15) is 0 Å². The van der Waals surface area contributed by atoms with Crippen LogP contribution in [0.4, 0.5) is 5.69 Å². The molecule has 0 bridgehead atoms. The molecule has 1 aromatic carbocycles. The summed E-state index contributed by atoms with van der Waals surface area (Å²) in [6, 6.07) is 7.12. The van der Waals surface area contributed by atoms with Gasteiger partial charge in [-0.05, 0) is 45.7 Å². The Labute approximate surface area is 188 Å². The van der Waals surface area contributed by atoms with Gasteiger partial charge < -0.3 is 25.0 Å². The van der Waals surface area contributed by atoms with E-state index in [1.165, 1.54) is 25.8 Å². The van der Waals surface area contributed by atoms with E-state index in [0.717, 1.165) is 68.7 Å². The first-order valence-electron chi connectivity index (χ1n) is 11.9. The topological polar surface area (TPSA) is 61.4 Å². The van der Waals surface area contributed by atoms with Crippen LogP contribution in [0.5, 0.6) is 11.5 Å². The highest BCUT2D eigenvalue weighted by atomic mass is 16.5. The van der Waals surface area contributed by atoms with Gasteiger partial charge >= 0.3 is 0 Å². The molecule has 174 valence electrons. The van der Waals surface area contributed by atoms with Gasteiger partial charge in [-0.1, -0.05) is 13.3 Å². The highest BCUT2D eigenvalue weighted by Crippen LogP contribution is 2.30. The molecule has 1 atom stereocenters. The van der Waals surface area contributed by atoms with Gasteiger partial charge in [-0.3, -0.25) is 9.89 Å². The molecule has 2 saturated heterocycles. The molecule has 0 aliphatic carbocycles. The average Bonchev–Trinajstić information content (AvgIpc) is 2.82. The SMILES string of the molecule is CCNC(=NCC1CCCCN1CC)NC1CCN(c2cc(OC)cc(OC)c2)CC1. The van der Waals surface area contributed by atoms with E-state index in [-0.39, 0.29) is 0 Å². The normalized spacial score (nSPS) is 21.1. The summed E-state index contributed by atoms with van der Waals surface area (Å²) in [7, 11) is 3.40. The summed E-state index contributed by atoms with van der Waals surface area (Å²) >= 11 is 0. The van der Waals surface area contributed by atoms with Crippen molar-refractivity contribution in [3.05, 3.63) is 18.2 Å². The molecule has 0 spiro atoms. The highest BCUT2D eigenvalue weighted by Gasteiger charge is 2.23. The molecule has 2 aliphatic heterocycles. The van der Waals surface area contributed by atoms with Gasteiger partial charge in [0, 0.05) is 55.6 Å². The summed E-state index contributed by atoms with van der Waals surface area (Å²) in [6.45, 7) is 10.5. The van der Waals surface area contributed by atoms with Crippen molar-refractivity contribution in [2.24, 2.45) is 4.99 Å².